The second-order valence-corrected chi connectivity index (χ2v) is 6.54. The molecule has 4 N–H and O–H groups in total. The summed E-state index contributed by atoms with van der Waals surface area (Å²) in [6.45, 7) is 0. The third-order valence-corrected chi connectivity index (χ3v) is 5.59. The van der Waals surface area contributed by atoms with Crippen LogP contribution in [0.5, 0.6) is 0 Å². The van der Waals surface area contributed by atoms with Crippen LogP contribution < -0.4 is 11.5 Å². The molecule has 0 spiro atoms. The summed E-state index contributed by atoms with van der Waals surface area (Å²) in [5.74, 6) is 0. The Morgan fingerprint density at radius 1 is 0.684 bits per heavy atom. The van der Waals surface area contributed by atoms with Gasteiger partial charge in [-0.25, -0.2) is 0 Å². The van der Waals surface area contributed by atoms with E-state index in [0.717, 1.165) is 76.8 Å². The molecule has 0 heterocycles. The van der Waals surface area contributed by atoms with Crippen LogP contribution in [0.2, 0.25) is 0 Å². The Bertz CT molecular complexity index is 308. The number of rotatable bonds is 4. The van der Waals surface area contributed by atoms with Gasteiger partial charge < -0.3 is 21.1 Å². The van der Waals surface area contributed by atoms with E-state index in [2.05, 4.69) is 0 Å². The molecule has 0 radical (unpaired) electrons. The van der Waals surface area contributed by atoms with E-state index in [4.69, 9.17) is 11.5 Å². The topological polar surface area (TPSA) is 86.2 Å². The molecule has 0 amide bonds. The first-order chi connectivity index (χ1) is 9.04. The third kappa shape index (κ3) is 2.15. The highest BCUT2D eigenvalue weighted by atomic mass is 16.1. The fourth-order valence-electron chi connectivity index (χ4n) is 4.12. The molecule has 19 heavy (non-hydrogen) atoms. The van der Waals surface area contributed by atoms with Crippen molar-refractivity contribution >= 4 is 12.6 Å². The molecule has 0 unspecified atom stereocenters. The number of carbonyl (C=O) groups is 2. The van der Waals surface area contributed by atoms with Crippen molar-refractivity contribution in [2.45, 2.75) is 69.9 Å². The summed E-state index contributed by atoms with van der Waals surface area (Å²) in [7, 11) is 0. The lowest BCUT2D eigenvalue weighted by Crippen LogP contribution is -2.73. The zero-order chi connectivity index (χ0) is 14.0. The highest BCUT2D eigenvalue weighted by Gasteiger charge is 2.59. The second-order valence-electron chi connectivity index (χ2n) is 6.54. The van der Waals surface area contributed by atoms with E-state index in [-0.39, 0.29) is 0 Å². The molecule has 2 rings (SSSR count). The average Bonchev–Trinajstić information content (AvgIpc) is 2.48. The van der Waals surface area contributed by atoms with Gasteiger partial charge in [-0.2, -0.15) is 0 Å². The van der Waals surface area contributed by atoms with Crippen LogP contribution >= 0.6 is 0 Å². The molecule has 0 bridgehead atoms. The molecule has 0 aliphatic heterocycles. The molecule has 2 aliphatic rings. The van der Waals surface area contributed by atoms with Crippen molar-refractivity contribution < 1.29 is 9.59 Å². The highest BCUT2D eigenvalue weighted by Crippen LogP contribution is 2.51. The molecule has 0 aromatic carbocycles. The van der Waals surface area contributed by atoms with Crippen molar-refractivity contribution in [2.24, 2.45) is 22.3 Å². The highest BCUT2D eigenvalue weighted by molar-refractivity contribution is 5.69. The van der Waals surface area contributed by atoms with E-state index in [1.165, 1.54) is 0 Å². The Hall–Kier alpha value is -0.740. The van der Waals surface area contributed by atoms with Crippen LogP contribution in [0.4, 0.5) is 0 Å². The standard InChI is InChI=1S/C15H26N2O2/c16-15(17,13(11-18)7-3-1-4-8-13)14(12-19)9-5-2-6-10-14/h11-12H,1-10,16-17H2. The Balaban J connectivity index is 2.36. The van der Waals surface area contributed by atoms with Crippen LogP contribution in [0.1, 0.15) is 64.2 Å². The second kappa shape index (κ2) is 5.33. The summed E-state index contributed by atoms with van der Waals surface area (Å²) < 4.78 is 0. The molecule has 4 nitrogen and oxygen atoms in total. The van der Waals surface area contributed by atoms with E-state index in [1.807, 2.05) is 0 Å². The maximum absolute atomic E-state index is 11.8. The van der Waals surface area contributed by atoms with Gasteiger partial charge in [0.05, 0.1) is 16.5 Å². The van der Waals surface area contributed by atoms with Crippen LogP contribution in [0.15, 0.2) is 0 Å². The Morgan fingerprint density at radius 2 is 1.00 bits per heavy atom. The first kappa shape index (κ1) is 14.7. The van der Waals surface area contributed by atoms with E-state index < -0.39 is 16.5 Å². The fraction of sp³-hybridized carbons (Fsp3) is 0.867. The molecule has 4 heteroatoms. The van der Waals surface area contributed by atoms with Crippen molar-refractivity contribution in [3.63, 3.8) is 0 Å². The summed E-state index contributed by atoms with van der Waals surface area (Å²) in [4.78, 5) is 23.5. The van der Waals surface area contributed by atoms with Gasteiger partial charge in [-0.15, -0.1) is 0 Å². The number of nitrogens with two attached hydrogens (primary N) is 2. The van der Waals surface area contributed by atoms with Crippen molar-refractivity contribution in [3.8, 4) is 0 Å². The SMILES string of the molecule is NC(N)(C1(C=O)CCCCC1)C1(C=O)CCCCC1. The number of hydrogen-bond donors (Lipinski definition) is 2. The monoisotopic (exact) mass is 266 g/mol. The van der Waals surface area contributed by atoms with Gasteiger partial charge in [-0.3, -0.25) is 0 Å². The minimum absolute atomic E-state index is 0.719. The van der Waals surface area contributed by atoms with Crippen LogP contribution in [-0.2, 0) is 9.59 Å². The first-order valence-electron chi connectivity index (χ1n) is 7.54. The van der Waals surface area contributed by atoms with E-state index in [1.54, 1.807) is 0 Å². The zero-order valence-corrected chi connectivity index (χ0v) is 11.7. The average molecular weight is 266 g/mol. The largest absolute Gasteiger partial charge is 0.312 e. The van der Waals surface area contributed by atoms with Gasteiger partial charge in [0.25, 0.3) is 0 Å². The van der Waals surface area contributed by atoms with Crippen molar-refractivity contribution in [2.75, 3.05) is 0 Å². The van der Waals surface area contributed by atoms with Gasteiger partial charge in [0.15, 0.2) is 0 Å². The zero-order valence-electron chi connectivity index (χ0n) is 11.7. The maximum atomic E-state index is 11.8. The number of carbonyl (C=O) groups excluding carboxylic acids is 2. The van der Waals surface area contributed by atoms with Gasteiger partial charge in [-0.05, 0) is 25.7 Å². The van der Waals surface area contributed by atoms with Gasteiger partial charge in [0.2, 0.25) is 0 Å². The molecule has 0 saturated heterocycles. The van der Waals surface area contributed by atoms with Crippen molar-refractivity contribution in [1.82, 2.24) is 0 Å². The summed E-state index contributed by atoms with van der Waals surface area (Å²) in [6, 6.07) is 0. The Labute approximate surface area is 115 Å². The van der Waals surface area contributed by atoms with Gasteiger partial charge in [-0.1, -0.05) is 38.5 Å². The van der Waals surface area contributed by atoms with Gasteiger partial charge >= 0.3 is 0 Å². The lowest BCUT2D eigenvalue weighted by molar-refractivity contribution is -0.138. The number of hydrogen-bond acceptors (Lipinski definition) is 4. The van der Waals surface area contributed by atoms with E-state index >= 15 is 0 Å². The minimum atomic E-state index is -1.20. The molecule has 108 valence electrons. The van der Waals surface area contributed by atoms with E-state index in [0.29, 0.717) is 0 Å². The normalized spacial score (nSPS) is 26.6. The molecule has 0 atom stereocenters. The van der Waals surface area contributed by atoms with Crippen LogP contribution in [0.3, 0.4) is 0 Å². The molecule has 2 aliphatic carbocycles. The molecular formula is C15H26N2O2. The smallest absolute Gasteiger partial charge is 0.129 e. The Kier molecular flexibility index (Phi) is 4.11. The predicted octanol–water partition coefficient (Wildman–Crippen LogP) is 1.90. The summed E-state index contributed by atoms with van der Waals surface area (Å²) in [6.07, 6.45) is 10.9. The van der Waals surface area contributed by atoms with Crippen molar-refractivity contribution in [3.05, 3.63) is 0 Å². The summed E-state index contributed by atoms with van der Waals surface area (Å²) in [5.41, 5.74) is 10.3. The quantitative estimate of drug-likeness (QED) is 0.601. The van der Waals surface area contributed by atoms with Gasteiger partial charge in [0, 0.05) is 0 Å². The minimum Gasteiger partial charge on any atom is -0.312 e. The van der Waals surface area contributed by atoms with E-state index in [9.17, 15) is 9.59 Å². The molecule has 2 saturated carbocycles. The van der Waals surface area contributed by atoms with Gasteiger partial charge in [0.1, 0.15) is 12.6 Å². The first-order valence-corrected chi connectivity index (χ1v) is 7.54. The maximum Gasteiger partial charge on any atom is 0.129 e. The fourth-order valence-corrected chi connectivity index (χ4v) is 4.12. The Morgan fingerprint density at radius 3 is 1.26 bits per heavy atom. The number of aldehydes is 2. The molecule has 2 fully saturated rings. The van der Waals surface area contributed by atoms with Crippen LogP contribution in [0.25, 0.3) is 0 Å². The van der Waals surface area contributed by atoms with Crippen molar-refractivity contribution in [1.29, 1.82) is 0 Å². The molecule has 0 aromatic rings. The van der Waals surface area contributed by atoms with Crippen LogP contribution in [0, 0.1) is 10.8 Å². The molecule has 0 aromatic heterocycles. The summed E-state index contributed by atoms with van der Waals surface area (Å²) >= 11 is 0. The van der Waals surface area contributed by atoms with Crippen LogP contribution in [-0.4, -0.2) is 18.2 Å². The molecular weight excluding hydrogens is 240 g/mol. The lowest BCUT2D eigenvalue weighted by atomic mass is 9.54. The summed E-state index contributed by atoms with van der Waals surface area (Å²) in [5, 5.41) is 0. The lowest BCUT2D eigenvalue weighted by Gasteiger charge is -2.54. The predicted molar refractivity (Wildman–Crippen MR) is 74.3 cm³/mol. The third-order valence-electron chi connectivity index (χ3n) is 5.59.